The topological polar surface area (TPSA) is 57.9 Å². The summed E-state index contributed by atoms with van der Waals surface area (Å²) in [5, 5.41) is 13.3. The highest BCUT2D eigenvalue weighted by atomic mass is 32.1. The summed E-state index contributed by atoms with van der Waals surface area (Å²) < 4.78 is 9.80. The molecule has 0 fully saturated rings. The lowest BCUT2D eigenvalue weighted by molar-refractivity contribution is 0.340. The van der Waals surface area contributed by atoms with Gasteiger partial charge in [-0.25, -0.2) is 0 Å². The molecular formula is C13H11N3OS. The van der Waals surface area contributed by atoms with Crippen molar-refractivity contribution in [2.45, 2.75) is 13.0 Å². The first-order valence-electron chi connectivity index (χ1n) is 5.64. The number of nitrogens with zero attached hydrogens (tertiary/aromatic N) is 2. The van der Waals surface area contributed by atoms with E-state index in [1.54, 1.807) is 0 Å². The lowest BCUT2D eigenvalue weighted by Gasteiger charge is -2.10. The Hall–Kier alpha value is -2.06. The molecule has 0 saturated heterocycles. The van der Waals surface area contributed by atoms with Crippen molar-refractivity contribution < 1.29 is 4.74 Å². The summed E-state index contributed by atoms with van der Waals surface area (Å²) in [5.74, 6) is 0.912. The summed E-state index contributed by atoms with van der Waals surface area (Å²) in [6.07, 6.45) is 0. The molecule has 1 unspecified atom stereocenters. The highest BCUT2D eigenvalue weighted by Crippen LogP contribution is 2.36. The minimum Gasteiger partial charge on any atom is -0.491 e. The fraction of sp³-hybridized carbons (Fsp3) is 0.231. The number of aryl methyl sites for hydroxylation is 1. The second-order valence-electron chi connectivity index (χ2n) is 4.13. The number of rotatable bonds is 2. The van der Waals surface area contributed by atoms with Crippen molar-refractivity contribution in [3.05, 3.63) is 41.1 Å². The van der Waals surface area contributed by atoms with Gasteiger partial charge in [0.2, 0.25) is 0 Å². The lowest BCUT2D eigenvalue weighted by Crippen LogP contribution is -2.11. The second-order valence-corrected chi connectivity index (χ2v) is 4.90. The van der Waals surface area contributed by atoms with Crippen LogP contribution in [0.2, 0.25) is 0 Å². The van der Waals surface area contributed by atoms with Crippen molar-refractivity contribution >= 4 is 16.5 Å². The number of benzene rings is 1. The molecule has 0 radical (unpaired) electrons. The van der Waals surface area contributed by atoms with Gasteiger partial charge in [-0.05, 0) is 24.5 Å². The summed E-state index contributed by atoms with van der Waals surface area (Å²) in [6.45, 7) is 2.43. The van der Waals surface area contributed by atoms with Crippen molar-refractivity contribution in [2.75, 3.05) is 11.9 Å². The van der Waals surface area contributed by atoms with Crippen LogP contribution < -0.4 is 10.1 Å². The molecule has 0 saturated carbocycles. The molecule has 90 valence electrons. The Balaban J connectivity index is 1.89. The molecule has 0 aliphatic carbocycles. The van der Waals surface area contributed by atoms with Gasteiger partial charge >= 0.3 is 0 Å². The maximum absolute atomic E-state index is 9.10. The summed E-state index contributed by atoms with van der Waals surface area (Å²) in [6, 6.07) is 10.2. The lowest BCUT2D eigenvalue weighted by atomic mass is 10.1. The zero-order chi connectivity index (χ0) is 12.5. The Morgan fingerprint density at radius 3 is 3.17 bits per heavy atom. The number of hydrogen-bond donors (Lipinski definition) is 1. The Kier molecular flexibility index (Phi) is 2.65. The van der Waals surface area contributed by atoms with E-state index < -0.39 is 0 Å². The van der Waals surface area contributed by atoms with Crippen molar-refractivity contribution in [1.82, 2.24) is 4.37 Å². The second kappa shape index (κ2) is 4.31. The standard InChI is InChI=1S/C13H11N3OS/c1-8-10(6-14)13(18-16-8)15-11-7-17-12-5-3-2-4-9(11)12/h2-5,11,15H,7H2,1H3. The van der Waals surface area contributed by atoms with Crippen molar-refractivity contribution in [2.24, 2.45) is 0 Å². The van der Waals surface area contributed by atoms with Gasteiger partial charge < -0.3 is 10.1 Å². The smallest absolute Gasteiger partial charge is 0.128 e. The highest BCUT2D eigenvalue weighted by Gasteiger charge is 2.25. The van der Waals surface area contributed by atoms with E-state index in [1.165, 1.54) is 11.5 Å². The molecule has 4 nitrogen and oxygen atoms in total. The summed E-state index contributed by atoms with van der Waals surface area (Å²) in [5.41, 5.74) is 2.54. The Labute approximate surface area is 109 Å². The monoisotopic (exact) mass is 257 g/mol. The van der Waals surface area contributed by atoms with Crippen LogP contribution in [0.25, 0.3) is 0 Å². The number of para-hydroxylation sites is 1. The van der Waals surface area contributed by atoms with Crippen molar-refractivity contribution in [3.8, 4) is 11.8 Å². The number of nitrogens with one attached hydrogen (secondary N) is 1. The quantitative estimate of drug-likeness (QED) is 0.898. The highest BCUT2D eigenvalue weighted by molar-refractivity contribution is 7.10. The first kappa shape index (κ1) is 11.1. The molecule has 3 rings (SSSR count). The third kappa shape index (κ3) is 1.71. The largest absolute Gasteiger partial charge is 0.491 e. The first-order valence-corrected chi connectivity index (χ1v) is 6.41. The maximum atomic E-state index is 9.10. The van der Waals surface area contributed by atoms with Crippen LogP contribution in [0.15, 0.2) is 24.3 Å². The van der Waals surface area contributed by atoms with Crippen LogP contribution in [-0.2, 0) is 0 Å². The third-order valence-electron chi connectivity index (χ3n) is 2.98. The van der Waals surface area contributed by atoms with Gasteiger partial charge in [0.25, 0.3) is 0 Å². The predicted molar refractivity (Wildman–Crippen MR) is 69.9 cm³/mol. The van der Waals surface area contributed by atoms with E-state index in [1.807, 2.05) is 31.2 Å². The summed E-state index contributed by atoms with van der Waals surface area (Å²) in [4.78, 5) is 0. The minimum atomic E-state index is 0.0909. The maximum Gasteiger partial charge on any atom is 0.128 e. The van der Waals surface area contributed by atoms with Gasteiger partial charge in [0.15, 0.2) is 0 Å². The number of ether oxygens (including phenoxy) is 1. The number of aromatic nitrogens is 1. The van der Waals surface area contributed by atoms with E-state index in [4.69, 9.17) is 10.00 Å². The molecule has 1 aromatic heterocycles. The molecule has 2 aromatic rings. The van der Waals surface area contributed by atoms with Gasteiger partial charge in [0.05, 0.1) is 11.7 Å². The van der Waals surface area contributed by atoms with Gasteiger partial charge in [0, 0.05) is 5.56 Å². The predicted octanol–water partition coefficient (Wildman–Crippen LogP) is 2.87. The number of fused-ring (bicyclic) bond motifs is 1. The number of anilines is 1. The van der Waals surface area contributed by atoms with Crippen LogP contribution in [0.1, 0.15) is 22.9 Å². The van der Waals surface area contributed by atoms with Crippen LogP contribution in [0.3, 0.4) is 0 Å². The van der Waals surface area contributed by atoms with E-state index in [0.29, 0.717) is 12.2 Å². The van der Waals surface area contributed by atoms with Crippen LogP contribution in [0, 0.1) is 18.3 Å². The minimum absolute atomic E-state index is 0.0909. The molecule has 1 aromatic carbocycles. The molecule has 5 heteroatoms. The van der Waals surface area contributed by atoms with E-state index in [-0.39, 0.29) is 6.04 Å². The molecule has 0 bridgehead atoms. The van der Waals surface area contributed by atoms with Gasteiger partial charge in [0.1, 0.15) is 29.0 Å². The van der Waals surface area contributed by atoms with Crippen LogP contribution in [0.4, 0.5) is 5.00 Å². The third-order valence-corrected chi connectivity index (χ3v) is 3.85. The van der Waals surface area contributed by atoms with E-state index >= 15 is 0 Å². The van der Waals surface area contributed by atoms with Gasteiger partial charge in [-0.2, -0.15) is 9.64 Å². The zero-order valence-electron chi connectivity index (χ0n) is 9.80. The zero-order valence-corrected chi connectivity index (χ0v) is 10.6. The van der Waals surface area contributed by atoms with Crippen molar-refractivity contribution in [3.63, 3.8) is 0 Å². The molecule has 2 heterocycles. The van der Waals surface area contributed by atoms with Gasteiger partial charge in [-0.15, -0.1) is 0 Å². The van der Waals surface area contributed by atoms with Gasteiger partial charge in [-0.1, -0.05) is 18.2 Å². The average molecular weight is 257 g/mol. The Bertz CT molecular complexity index is 629. The van der Waals surface area contributed by atoms with Crippen molar-refractivity contribution in [1.29, 1.82) is 5.26 Å². The molecule has 1 aliphatic rings. The molecular weight excluding hydrogens is 246 g/mol. The molecule has 1 N–H and O–H groups in total. The van der Waals surface area contributed by atoms with Gasteiger partial charge in [-0.3, -0.25) is 0 Å². The van der Waals surface area contributed by atoms with Crippen LogP contribution in [-0.4, -0.2) is 11.0 Å². The molecule has 18 heavy (non-hydrogen) atoms. The summed E-state index contributed by atoms with van der Waals surface area (Å²) >= 11 is 1.32. The van der Waals surface area contributed by atoms with Crippen LogP contribution in [0.5, 0.6) is 5.75 Å². The van der Waals surface area contributed by atoms with E-state index in [0.717, 1.165) is 22.0 Å². The normalized spacial score (nSPS) is 16.8. The van der Waals surface area contributed by atoms with E-state index in [2.05, 4.69) is 15.8 Å². The summed E-state index contributed by atoms with van der Waals surface area (Å²) in [7, 11) is 0. The van der Waals surface area contributed by atoms with E-state index in [9.17, 15) is 0 Å². The Morgan fingerprint density at radius 2 is 2.33 bits per heavy atom. The fourth-order valence-corrected chi connectivity index (χ4v) is 2.84. The molecule has 0 amide bonds. The fourth-order valence-electron chi connectivity index (χ4n) is 2.04. The average Bonchev–Trinajstić information content (AvgIpc) is 2.95. The SMILES string of the molecule is Cc1nsc(NC2COc3ccccc32)c1C#N. The first-order chi connectivity index (χ1) is 8.79. The number of nitriles is 1. The Morgan fingerprint density at radius 1 is 1.50 bits per heavy atom. The van der Waals surface area contributed by atoms with Crippen LogP contribution >= 0.6 is 11.5 Å². The molecule has 0 spiro atoms. The molecule has 1 aliphatic heterocycles. The number of hydrogen-bond acceptors (Lipinski definition) is 5. The molecule has 1 atom stereocenters.